The molecular formula is C16H18N2O3S. The Labute approximate surface area is 133 Å². The fraction of sp³-hybridized carbons (Fsp3) is 0.312. The maximum absolute atomic E-state index is 11.8. The first-order chi connectivity index (χ1) is 10.5. The lowest BCUT2D eigenvalue weighted by atomic mass is 10.2. The van der Waals surface area contributed by atoms with E-state index in [4.69, 9.17) is 5.11 Å². The van der Waals surface area contributed by atoms with E-state index in [1.807, 2.05) is 36.6 Å². The van der Waals surface area contributed by atoms with Crippen LogP contribution in [-0.4, -0.2) is 28.5 Å². The largest absolute Gasteiger partial charge is 0.481 e. The number of nitrogens with one attached hydrogen (secondary N) is 1. The summed E-state index contributed by atoms with van der Waals surface area (Å²) in [6, 6.07) is 8.10. The van der Waals surface area contributed by atoms with Gasteiger partial charge in [0.05, 0.1) is 12.1 Å². The van der Waals surface area contributed by atoms with E-state index in [1.165, 1.54) is 16.9 Å². The van der Waals surface area contributed by atoms with Crippen LogP contribution in [0.5, 0.6) is 0 Å². The van der Waals surface area contributed by atoms with Crippen molar-refractivity contribution in [3.63, 3.8) is 0 Å². The lowest BCUT2D eigenvalue weighted by Gasteiger charge is -2.02. The van der Waals surface area contributed by atoms with Crippen molar-refractivity contribution in [3.05, 3.63) is 40.9 Å². The number of benzene rings is 1. The van der Waals surface area contributed by atoms with Crippen molar-refractivity contribution in [1.29, 1.82) is 0 Å². The summed E-state index contributed by atoms with van der Waals surface area (Å²) in [5, 5.41) is 14.0. The molecule has 1 amide bonds. The van der Waals surface area contributed by atoms with Crippen LogP contribution in [0.3, 0.4) is 0 Å². The third-order valence-electron chi connectivity index (χ3n) is 3.08. The highest BCUT2D eigenvalue weighted by atomic mass is 32.1. The second kappa shape index (κ2) is 7.70. The molecule has 0 aliphatic rings. The lowest BCUT2D eigenvalue weighted by molar-refractivity contribution is -0.137. The molecule has 1 aromatic heterocycles. The zero-order valence-corrected chi connectivity index (χ0v) is 13.2. The summed E-state index contributed by atoms with van der Waals surface area (Å²) in [5.74, 6) is -0.984. The van der Waals surface area contributed by atoms with Crippen LogP contribution in [0.15, 0.2) is 29.6 Å². The molecule has 1 aromatic carbocycles. The summed E-state index contributed by atoms with van der Waals surface area (Å²) < 4.78 is 0. The van der Waals surface area contributed by atoms with Gasteiger partial charge < -0.3 is 10.4 Å². The first kappa shape index (κ1) is 16.2. The molecule has 0 bridgehead atoms. The Morgan fingerprint density at radius 3 is 2.68 bits per heavy atom. The molecule has 22 heavy (non-hydrogen) atoms. The van der Waals surface area contributed by atoms with Crippen molar-refractivity contribution in [3.8, 4) is 10.6 Å². The summed E-state index contributed by atoms with van der Waals surface area (Å²) in [6.45, 7) is 2.41. The summed E-state index contributed by atoms with van der Waals surface area (Å²) in [7, 11) is 0. The number of thiazole rings is 1. The molecule has 0 aliphatic heterocycles. The second-order valence-corrected chi connectivity index (χ2v) is 5.89. The van der Waals surface area contributed by atoms with Crippen molar-refractivity contribution in [2.75, 3.05) is 6.54 Å². The van der Waals surface area contributed by atoms with E-state index in [0.717, 1.165) is 16.3 Å². The van der Waals surface area contributed by atoms with Gasteiger partial charge in [0, 0.05) is 23.9 Å². The molecule has 0 atom stereocenters. The van der Waals surface area contributed by atoms with Crippen molar-refractivity contribution < 1.29 is 14.7 Å². The zero-order valence-electron chi connectivity index (χ0n) is 12.3. The molecular weight excluding hydrogens is 300 g/mol. The van der Waals surface area contributed by atoms with Crippen LogP contribution in [0.25, 0.3) is 10.6 Å². The summed E-state index contributed by atoms with van der Waals surface area (Å²) >= 11 is 1.51. The molecule has 2 aromatic rings. The second-order valence-electron chi connectivity index (χ2n) is 5.03. The van der Waals surface area contributed by atoms with Crippen LogP contribution in [0, 0.1) is 6.92 Å². The molecule has 116 valence electrons. The van der Waals surface area contributed by atoms with Gasteiger partial charge >= 0.3 is 5.97 Å². The maximum Gasteiger partial charge on any atom is 0.303 e. The molecule has 0 aliphatic carbocycles. The van der Waals surface area contributed by atoms with Crippen molar-refractivity contribution in [2.45, 2.75) is 26.2 Å². The van der Waals surface area contributed by atoms with Gasteiger partial charge in [0.15, 0.2) is 0 Å². The number of hydrogen-bond donors (Lipinski definition) is 2. The predicted molar refractivity (Wildman–Crippen MR) is 85.9 cm³/mol. The molecule has 0 saturated carbocycles. The van der Waals surface area contributed by atoms with Crippen LogP contribution in [-0.2, 0) is 16.0 Å². The number of carbonyl (C=O) groups excluding carboxylic acids is 1. The third-order valence-corrected chi connectivity index (χ3v) is 4.02. The number of aliphatic carboxylic acids is 1. The first-order valence-corrected chi connectivity index (χ1v) is 7.92. The Balaban J connectivity index is 1.85. The summed E-state index contributed by atoms with van der Waals surface area (Å²) in [6.07, 6.45) is 0.719. The van der Waals surface area contributed by atoms with Gasteiger partial charge in [-0.3, -0.25) is 9.59 Å². The number of aryl methyl sites for hydroxylation is 1. The Bertz CT molecular complexity index is 650. The fourth-order valence-corrected chi connectivity index (χ4v) is 2.74. The molecule has 2 N–H and O–H groups in total. The quantitative estimate of drug-likeness (QED) is 0.769. The highest BCUT2D eigenvalue weighted by molar-refractivity contribution is 7.13. The monoisotopic (exact) mass is 318 g/mol. The average molecular weight is 318 g/mol. The molecule has 1 heterocycles. The van der Waals surface area contributed by atoms with Crippen LogP contribution >= 0.6 is 11.3 Å². The number of carbonyl (C=O) groups is 2. The lowest BCUT2D eigenvalue weighted by Crippen LogP contribution is -2.26. The van der Waals surface area contributed by atoms with Crippen LogP contribution in [0.2, 0.25) is 0 Å². The number of nitrogens with zero attached hydrogens (tertiary/aromatic N) is 1. The predicted octanol–water partition coefficient (Wildman–Crippen LogP) is 2.64. The number of carboxylic acids is 1. The number of aromatic nitrogens is 1. The van der Waals surface area contributed by atoms with Gasteiger partial charge in [-0.25, -0.2) is 4.98 Å². The summed E-state index contributed by atoms with van der Waals surface area (Å²) in [4.78, 5) is 26.6. The van der Waals surface area contributed by atoms with Gasteiger partial charge in [0.2, 0.25) is 5.91 Å². The highest BCUT2D eigenvalue weighted by Crippen LogP contribution is 2.24. The van der Waals surface area contributed by atoms with Crippen LogP contribution < -0.4 is 5.32 Å². The fourth-order valence-electron chi connectivity index (χ4n) is 1.91. The van der Waals surface area contributed by atoms with Crippen LogP contribution in [0.4, 0.5) is 0 Å². The minimum absolute atomic E-state index is 0.0640. The molecule has 0 radical (unpaired) electrons. The number of carboxylic acid groups (broad SMARTS) is 1. The first-order valence-electron chi connectivity index (χ1n) is 7.04. The van der Waals surface area contributed by atoms with Gasteiger partial charge in [-0.05, 0) is 13.3 Å². The van der Waals surface area contributed by atoms with E-state index in [1.54, 1.807) is 0 Å². The standard InChI is InChI=1S/C16H18N2O3S/c1-11-4-6-12(7-5-11)16-18-13(10-22-16)9-14(19)17-8-2-3-15(20)21/h4-7,10H,2-3,8-9H2,1H3,(H,17,19)(H,20,21). The van der Waals surface area contributed by atoms with E-state index >= 15 is 0 Å². The molecule has 6 heteroatoms. The molecule has 0 saturated heterocycles. The zero-order chi connectivity index (χ0) is 15.9. The minimum Gasteiger partial charge on any atom is -0.481 e. The number of amides is 1. The molecule has 5 nitrogen and oxygen atoms in total. The molecule has 0 spiro atoms. The Morgan fingerprint density at radius 2 is 2.00 bits per heavy atom. The van der Waals surface area contributed by atoms with E-state index in [2.05, 4.69) is 10.3 Å². The van der Waals surface area contributed by atoms with Gasteiger partial charge in [0.1, 0.15) is 5.01 Å². The highest BCUT2D eigenvalue weighted by Gasteiger charge is 2.09. The smallest absolute Gasteiger partial charge is 0.303 e. The topological polar surface area (TPSA) is 79.3 Å². The number of rotatable bonds is 7. The van der Waals surface area contributed by atoms with Gasteiger partial charge in [-0.15, -0.1) is 11.3 Å². The Morgan fingerprint density at radius 1 is 1.27 bits per heavy atom. The average Bonchev–Trinajstić information content (AvgIpc) is 2.92. The van der Waals surface area contributed by atoms with Crippen LogP contribution in [0.1, 0.15) is 24.1 Å². The van der Waals surface area contributed by atoms with Gasteiger partial charge in [-0.2, -0.15) is 0 Å². The van der Waals surface area contributed by atoms with Gasteiger partial charge in [0.25, 0.3) is 0 Å². The van der Waals surface area contributed by atoms with Crippen molar-refractivity contribution >= 4 is 23.2 Å². The summed E-state index contributed by atoms with van der Waals surface area (Å²) in [5.41, 5.74) is 2.97. The minimum atomic E-state index is -0.850. The van der Waals surface area contributed by atoms with E-state index in [9.17, 15) is 9.59 Å². The number of hydrogen-bond acceptors (Lipinski definition) is 4. The molecule has 2 rings (SSSR count). The van der Waals surface area contributed by atoms with E-state index in [-0.39, 0.29) is 18.7 Å². The van der Waals surface area contributed by atoms with Crippen molar-refractivity contribution in [1.82, 2.24) is 10.3 Å². The van der Waals surface area contributed by atoms with E-state index < -0.39 is 5.97 Å². The van der Waals surface area contributed by atoms with Gasteiger partial charge in [-0.1, -0.05) is 29.8 Å². The third kappa shape index (κ3) is 4.96. The normalized spacial score (nSPS) is 10.4. The Kier molecular flexibility index (Phi) is 5.66. The molecule has 0 unspecified atom stereocenters. The maximum atomic E-state index is 11.8. The molecule has 0 fully saturated rings. The van der Waals surface area contributed by atoms with E-state index in [0.29, 0.717) is 13.0 Å². The SMILES string of the molecule is Cc1ccc(-c2nc(CC(=O)NCCCC(=O)O)cs2)cc1. The van der Waals surface area contributed by atoms with Crippen molar-refractivity contribution in [2.24, 2.45) is 0 Å². The Hall–Kier alpha value is -2.21.